The van der Waals surface area contributed by atoms with Gasteiger partial charge in [0.05, 0.1) is 12.6 Å². The van der Waals surface area contributed by atoms with E-state index in [1.165, 1.54) is 12.8 Å². The number of hydrogen-bond donors (Lipinski definition) is 1. The van der Waals surface area contributed by atoms with Crippen molar-refractivity contribution < 1.29 is 9.15 Å². The summed E-state index contributed by atoms with van der Waals surface area (Å²) >= 11 is 3.37. The first-order valence-electron chi connectivity index (χ1n) is 6.92. The monoisotopic (exact) mass is 330 g/mol. The number of hydrogen-bond acceptors (Lipinski definition) is 4. The van der Waals surface area contributed by atoms with Gasteiger partial charge in [-0.3, -0.25) is 4.90 Å². The Balaban J connectivity index is 1.98. The Bertz CT molecular complexity index is 377. The Hall–Kier alpha value is -0.360. The fourth-order valence-corrected chi connectivity index (χ4v) is 2.90. The normalized spacial score (nSPS) is 21.2. The molecule has 2 unspecified atom stereocenters. The summed E-state index contributed by atoms with van der Waals surface area (Å²) < 4.78 is 11.7. The van der Waals surface area contributed by atoms with Crippen molar-refractivity contribution in [2.75, 3.05) is 33.4 Å². The van der Waals surface area contributed by atoms with Crippen molar-refractivity contribution in [2.45, 2.75) is 31.8 Å². The molecule has 108 valence electrons. The molecule has 1 aromatic rings. The van der Waals surface area contributed by atoms with Gasteiger partial charge in [-0.15, -0.1) is 0 Å². The van der Waals surface area contributed by atoms with Crippen molar-refractivity contribution in [3.05, 3.63) is 22.6 Å². The second-order valence-corrected chi connectivity index (χ2v) is 5.88. The Kier molecular flexibility index (Phi) is 5.88. The zero-order valence-electron chi connectivity index (χ0n) is 11.7. The van der Waals surface area contributed by atoms with Crippen molar-refractivity contribution >= 4 is 15.9 Å². The molecule has 5 heteroatoms. The predicted octanol–water partition coefficient (Wildman–Crippen LogP) is 2.80. The highest BCUT2D eigenvalue weighted by atomic mass is 79.9. The van der Waals surface area contributed by atoms with Crippen LogP contribution in [0.4, 0.5) is 0 Å². The average molecular weight is 331 g/mol. The summed E-state index contributed by atoms with van der Waals surface area (Å²) in [7, 11) is 1.75. The number of nitrogens with zero attached hydrogens (tertiary/aromatic N) is 1. The van der Waals surface area contributed by atoms with E-state index in [1.54, 1.807) is 7.11 Å². The van der Waals surface area contributed by atoms with E-state index in [0.717, 1.165) is 36.7 Å². The van der Waals surface area contributed by atoms with E-state index in [9.17, 15) is 0 Å². The molecule has 0 radical (unpaired) electrons. The second kappa shape index (κ2) is 7.43. The molecule has 0 spiro atoms. The molecule has 2 heterocycles. The fraction of sp³-hybridized carbons (Fsp3) is 0.714. The molecular formula is C14H23BrN2O2. The maximum absolute atomic E-state index is 5.68. The Labute approximate surface area is 123 Å². The van der Waals surface area contributed by atoms with Crippen LogP contribution >= 0.6 is 15.9 Å². The number of rotatable bonds is 7. The SMILES string of the molecule is COCCN(CC1CCCN1)C(C)c1ccc(Br)o1. The molecule has 19 heavy (non-hydrogen) atoms. The maximum Gasteiger partial charge on any atom is 0.169 e. The molecule has 1 aliphatic heterocycles. The summed E-state index contributed by atoms with van der Waals surface area (Å²) in [5.74, 6) is 1.00. The van der Waals surface area contributed by atoms with Gasteiger partial charge in [0.25, 0.3) is 0 Å². The zero-order chi connectivity index (χ0) is 13.7. The van der Waals surface area contributed by atoms with Gasteiger partial charge in [-0.2, -0.15) is 0 Å². The molecule has 1 aromatic heterocycles. The van der Waals surface area contributed by atoms with Crippen LogP contribution in [0.5, 0.6) is 0 Å². The summed E-state index contributed by atoms with van der Waals surface area (Å²) in [6, 6.07) is 4.85. The van der Waals surface area contributed by atoms with Crippen LogP contribution in [0.1, 0.15) is 31.6 Å². The third kappa shape index (κ3) is 4.31. The van der Waals surface area contributed by atoms with Gasteiger partial charge < -0.3 is 14.5 Å². The van der Waals surface area contributed by atoms with Crippen LogP contribution in [0.25, 0.3) is 0 Å². The fourth-order valence-electron chi connectivity index (χ4n) is 2.58. The molecule has 1 saturated heterocycles. The van der Waals surface area contributed by atoms with Gasteiger partial charge in [0, 0.05) is 26.2 Å². The lowest BCUT2D eigenvalue weighted by atomic mass is 10.1. The first kappa shape index (κ1) is 15.0. The molecule has 2 rings (SSSR count). The van der Waals surface area contributed by atoms with Crippen molar-refractivity contribution in [1.29, 1.82) is 0 Å². The van der Waals surface area contributed by atoms with Gasteiger partial charge in [0.1, 0.15) is 5.76 Å². The second-order valence-electron chi connectivity index (χ2n) is 5.10. The molecule has 0 aliphatic carbocycles. The maximum atomic E-state index is 5.68. The van der Waals surface area contributed by atoms with Crippen molar-refractivity contribution in [3.63, 3.8) is 0 Å². The van der Waals surface area contributed by atoms with E-state index in [1.807, 2.05) is 12.1 Å². The van der Waals surface area contributed by atoms with Gasteiger partial charge >= 0.3 is 0 Å². The van der Waals surface area contributed by atoms with E-state index in [-0.39, 0.29) is 6.04 Å². The molecule has 0 saturated carbocycles. The lowest BCUT2D eigenvalue weighted by Crippen LogP contribution is -2.40. The Morgan fingerprint density at radius 3 is 3.00 bits per heavy atom. The standard InChI is InChI=1S/C14H23BrN2O2/c1-11(13-5-6-14(15)19-13)17(8-9-18-2)10-12-4-3-7-16-12/h5-6,11-12,16H,3-4,7-10H2,1-2H3. The number of nitrogens with one attached hydrogen (secondary N) is 1. The van der Waals surface area contributed by atoms with Gasteiger partial charge in [-0.1, -0.05) is 0 Å². The number of furan rings is 1. The Morgan fingerprint density at radius 2 is 2.42 bits per heavy atom. The predicted molar refractivity (Wildman–Crippen MR) is 79.3 cm³/mol. The van der Waals surface area contributed by atoms with Gasteiger partial charge in [0.2, 0.25) is 0 Å². The molecule has 2 atom stereocenters. The van der Waals surface area contributed by atoms with Crippen LogP contribution in [-0.2, 0) is 4.74 Å². The zero-order valence-corrected chi connectivity index (χ0v) is 13.3. The summed E-state index contributed by atoms with van der Waals surface area (Å²) in [5, 5.41) is 3.55. The number of halogens is 1. The first-order chi connectivity index (χ1) is 9.20. The van der Waals surface area contributed by atoms with Gasteiger partial charge in [-0.25, -0.2) is 0 Å². The summed E-state index contributed by atoms with van der Waals surface area (Å²) in [4.78, 5) is 2.43. The average Bonchev–Trinajstić information content (AvgIpc) is 3.05. The van der Waals surface area contributed by atoms with Crippen LogP contribution in [0.3, 0.4) is 0 Å². The molecule has 0 bridgehead atoms. The third-order valence-corrected chi connectivity index (χ3v) is 4.18. The van der Waals surface area contributed by atoms with E-state index in [4.69, 9.17) is 9.15 Å². The minimum atomic E-state index is 0.267. The van der Waals surface area contributed by atoms with E-state index < -0.39 is 0 Å². The molecule has 1 fully saturated rings. The largest absolute Gasteiger partial charge is 0.453 e. The highest BCUT2D eigenvalue weighted by Gasteiger charge is 2.23. The smallest absolute Gasteiger partial charge is 0.169 e. The van der Waals surface area contributed by atoms with E-state index in [2.05, 4.69) is 33.1 Å². The molecule has 1 aliphatic rings. The van der Waals surface area contributed by atoms with Gasteiger partial charge in [0.15, 0.2) is 4.67 Å². The molecule has 0 aromatic carbocycles. The molecule has 1 N–H and O–H groups in total. The minimum absolute atomic E-state index is 0.267. The Morgan fingerprint density at radius 1 is 1.58 bits per heavy atom. The van der Waals surface area contributed by atoms with Crippen LogP contribution in [0.15, 0.2) is 21.2 Å². The van der Waals surface area contributed by atoms with Crippen LogP contribution in [0, 0.1) is 0 Å². The summed E-state index contributed by atoms with van der Waals surface area (Å²) in [5.41, 5.74) is 0. The molecule has 4 nitrogen and oxygen atoms in total. The van der Waals surface area contributed by atoms with Crippen molar-refractivity contribution in [1.82, 2.24) is 10.2 Å². The highest BCUT2D eigenvalue weighted by Crippen LogP contribution is 2.25. The van der Waals surface area contributed by atoms with Crippen LogP contribution < -0.4 is 5.32 Å². The van der Waals surface area contributed by atoms with E-state index in [0.29, 0.717) is 6.04 Å². The summed E-state index contributed by atoms with van der Waals surface area (Å²) in [6.07, 6.45) is 2.54. The highest BCUT2D eigenvalue weighted by molar-refractivity contribution is 9.10. The lowest BCUT2D eigenvalue weighted by Gasteiger charge is -2.30. The minimum Gasteiger partial charge on any atom is -0.453 e. The number of methoxy groups -OCH3 is 1. The van der Waals surface area contributed by atoms with Crippen LogP contribution in [-0.4, -0.2) is 44.3 Å². The summed E-state index contributed by atoms with van der Waals surface area (Å²) in [6.45, 7) is 6.05. The third-order valence-electron chi connectivity index (χ3n) is 3.75. The van der Waals surface area contributed by atoms with E-state index >= 15 is 0 Å². The lowest BCUT2D eigenvalue weighted by molar-refractivity contribution is 0.109. The van der Waals surface area contributed by atoms with Crippen molar-refractivity contribution in [2.24, 2.45) is 0 Å². The number of ether oxygens (including phenoxy) is 1. The van der Waals surface area contributed by atoms with Gasteiger partial charge in [-0.05, 0) is 54.4 Å². The quantitative estimate of drug-likeness (QED) is 0.834. The molecular weight excluding hydrogens is 308 g/mol. The van der Waals surface area contributed by atoms with Crippen molar-refractivity contribution in [3.8, 4) is 0 Å². The molecule has 0 amide bonds. The van der Waals surface area contributed by atoms with Crippen LogP contribution in [0.2, 0.25) is 0 Å². The topological polar surface area (TPSA) is 37.6 Å². The first-order valence-corrected chi connectivity index (χ1v) is 7.71.